The molecule has 1 atom stereocenters. The molecule has 0 saturated heterocycles. The Kier molecular flexibility index (Phi) is 6.40. The molecule has 2 aromatic rings. The summed E-state index contributed by atoms with van der Waals surface area (Å²) in [5.41, 5.74) is 2.78. The summed E-state index contributed by atoms with van der Waals surface area (Å²) < 4.78 is 0. The van der Waals surface area contributed by atoms with Crippen molar-refractivity contribution in [3.05, 3.63) is 77.6 Å². The Morgan fingerprint density at radius 3 is 2.32 bits per heavy atom. The number of rotatable bonds is 5. The van der Waals surface area contributed by atoms with Gasteiger partial charge in [-0.15, -0.1) is 0 Å². The van der Waals surface area contributed by atoms with Gasteiger partial charge >= 0.3 is 0 Å². The minimum absolute atomic E-state index is 0.00800. The molecule has 1 aliphatic heterocycles. The zero-order chi connectivity index (χ0) is 21.8. The van der Waals surface area contributed by atoms with Gasteiger partial charge in [0.05, 0.1) is 0 Å². The third-order valence-corrected chi connectivity index (χ3v) is 6.45. The third-order valence-electron chi connectivity index (χ3n) is 6.45. The number of carbonyl (C=O) groups is 2. The van der Waals surface area contributed by atoms with Crippen LogP contribution in [0.15, 0.2) is 60.9 Å². The van der Waals surface area contributed by atoms with Crippen molar-refractivity contribution in [3.8, 4) is 5.75 Å². The molecule has 2 amide bonds. The number of phenolic OH excluding ortho intramolecular Hbond substituents is 1. The molecule has 0 bridgehead atoms. The van der Waals surface area contributed by atoms with E-state index in [1.54, 1.807) is 34.3 Å². The minimum Gasteiger partial charge on any atom is -0.508 e. The van der Waals surface area contributed by atoms with Crippen LogP contribution in [0.4, 0.5) is 0 Å². The summed E-state index contributed by atoms with van der Waals surface area (Å²) >= 11 is 0. The van der Waals surface area contributed by atoms with Gasteiger partial charge in [0.2, 0.25) is 5.91 Å². The average Bonchev–Trinajstić information content (AvgIpc) is 2.80. The Hall–Kier alpha value is -3.08. The number of amides is 2. The van der Waals surface area contributed by atoms with E-state index >= 15 is 0 Å². The maximum absolute atomic E-state index is 13.5. The molecule has 1 fully saturated rings. The molecule has 1 saturated carbocycles. The lowest BCUT2D eigenvalue weighted by molar-refractivity contribution is -0.136. The summed E-state index contributed by atoms with van der Waals surface area (Å²) in [4.78, 5) is 30.3. The van der Waals surface area contributed by atoms with Crippen LogP contribution in [0.5, 0.6) is 5.75 Å². The van der Waals surface area contributed by atoms with Crippen LogP contribution in [0.3, 0.4) is 0 Å². The highest BCUT2D eigenvalue weighted by molar-refractivity contribution is 5.99. The molecule has 31 heavy (non-hydrogen) atoms. The first-order valence-corrected chi connectivity index (χ1v) is 11.2. The van der Waals surface area contributed by atoms with E-state index in [-0.39, 0.29) is 23.5 Å². The maximum Gasteiger partial charge on any atom is 0.258 e. The van der Waals surface area contributed by atoms with Crippen LogP contribution >= 0.6 is 0 Å². The van der Waals surface area contributed by atoms with Crippen molar-refractivity contribution in [1.82, 2.24) is 9.80 Å². The number of hydrogen-bond acceptors (Lipinski definition) is 3. The predicted octanol–water partition coefficient (Wildman–Crippen LogP) is 4.65. The van der Waals surface area contributed by atoms with Gasteiger partial charge in [-0.3, -0.25) is 9.59 Å². The zero-order valence-corrected chi connectivity index (χ0v) is 18.0. The SMILES string of the molecule is Cc1ccc(C(=O)N2C=CN(CCc3ccc(O)cc3)C(=O)C2C2CCCCC2)cc1. The molecule has 4 rings (SSSR count). The normalized spacial score (nSPS) is 19.6. The van der Waals surface area contributed by atoms with Gasteiger partial charge in [0.15, 0.2) is 0 Å². The van der Waals surface area contributed by atoms with E-state index in [0.29, 0.717) is 18.5 Å². The molecule has 1 heterocycles. The second kappa shape index (κ2) is 9.38. The molecular weight excluding hydrogens is 388 g/mol. The van der Waals surface area contributed by atoms with Crippen molar-refractivity contribution >= 4 is 11.8 Å². The predicted molar refractivity (Wildman–Crippen MR) is 120 cm³/mol. The highest BCUT2D eigenvalue weighted by atomic mass is 16.3. The summed E-state index contributed by atoms with van der Waals surface area (Å²) in [6, 6.07) is 14.2. The number of phenols is 1. The molecule has 1 unspecified atom stereocenters. The van der Waals surface area contributed by atoms with E-state index < -0.39 is 6.04 Å². The van der Waals surface area contributed by atoms with Crippen LogP contribution in [-0.4, -0.2) is 39.3 Å². The lowest BCUT2D eigenvalue weighted by Crippen LogP contribution is -2.54. The fourth-order valence-corrected chi connectivity index (χ4v) is 4.62. The number of nitrogens with zero attached hydrogens (tertiary/aromatic N) is 2. The summed E-state index contributed by atoms with van der Waals surface area (Å²) in [5.74, 6) is 0.323. The fraction of sp³-hybridized carbons (Fsp3) is 0.385. The van der Waals surface area contributed by atoms with Crippen LogP contribution in [0.1, 0.15) is 53.6 Å². The number of carbonyl (C=O) groups excluding carboxylic acids is 2. The van der Waals surface area contributed by atoms with Gasteiger partial charge in [0.1, 0.15) is 11.8 Å². The number of benzene rings is 2. The summed E-state index contributed by atoms with van der Waals surface area (Å²) in [6.45, 7) is 2.55. The molecule has 1 aliphatic carbocycles. The van der Waals surface area contributed by atoms with Crippen molar-refractivity contribution in [3.63, 3.8) is 0 Å². The highest BCUT2D eigenvalue weighted by Gasteiger charge is 2.40. The smallest absolute Gasteiger partial charge is 0.258 e. The van der Waals surface area contributed by atoms with E-state index in [4.69, 9.17) is 0 Å². The van der Waals surface area contributed by atoms with Crippen LogP contribution in [0.2, 0.25) is 0 Å². The Bertz CT molecular complexity index is 944. The standard InChI is InChI=1S/C26H30N2O3/c1-19-7-11-22(12-8-19)25(30)28-18-17-27(16-15-20-9-13-23(29)14-10-20)26(31)24(28)21-5-3-2-4-6-21/h7-14,17-18,21,24,29H,2-6,15-16H2,1H3. The monoisotopic (exact) mass is 418 g/mol. The molecule has 5 heteroatoms. The Labute approximate surface area is 184 Å². The minimum atomic E-state index is -0.445. The van der Waals surface area contributed by atoms with Gasteiger partial charge in [0.25, 0.3) is 5.91 Å². The molecule has 0 aromatic heterocycles. The topological polar surface area (TPSA) is 60.9 Å². The number of aryl methyl sites for hydroxylation is 1. The lowest BCUT2D eigenvalue weighted by atomic mass is 9.82. The molecular formula is C26H30N2O3. The van der Waals surface area contributed by atoms with E-state index in [9.17, 15) is 14.7 Å². The Balaban J connectivity index is 1.55. The van der Waals surface area contributed by atoms with E-state index in [1.807, 2.05) is 43.3 Å². The van der Waals surface area contributed by atoms with Gasteiger partial charge < -0.3 is 14.9 Å². The third kappa shape index (κ3) is 4.82. The first kappa shape index (κ1) is 21.2. The van der Waals surface area contributed by atoms with E-state index in [0.717, 1.165) is 36.8 Å². The van der Waals surface area contributed by atoms with Crippen molar-refractivity contribution < 1.29 is 14.7 Å². The summed E-state index contributed by atoms with van der Waals surface area (Å²) in [6.07, 6.45) is 9.61. The van der Waals surface area contributed by atoms with Crippen molar-refractivity contribution in [1.29, 1.82) is 0 Å². The lowest BCUT2D eigenvalue weighted by Gasteiger charge is -2.41. The molecule has 2 aromatic carbocycles. The van der Waals surface area contributed by atoms with E-state index in [1.165, 1.54) is 6.42 Å². The van der Waals surface area contributed by atoms with Gasteiger partial charge in [-0.05, 0) is 61.9 Å². The van der Waals surface area contributed by atoms with Crippen LogP contribution in [0.25, 0.3) is 0 Å². The fourth-order valence-electron chi connectivity index (χ4n) is 4.62. The van der Waals surface area contributed by atoms with Crippen LogP contribution < -0.4 is 0 Å². The number of hydrogen-bond donors (Lipinski definition) is 1. The second-order valence-electron chi connectivity index (χ2n) is 8.67. The van der Waals surface area contributed by atoms with Gasteiger partial charge in [-0.1, -0.05) is 49.1 Å². The van der Waals surface area contributed by atoms with Gasteiger partial charge in [-0.25, -0.2) is 0 Å². The molecule has 162 valence electrons. The van der Waals surface area contributed by atoms with Crippen LogP contribution in [0, 0.1) is 12.8 Å². The van der Waals surface area contributed by atoms with Gasteiger partial charge in [-0.2, -0.15) is 0 Å². The molecule has 0 spiro atoms. The first-order chi connectivity index (χ1) is 15.0. The maximum atomic E-state index is 13.5. The van der Waals surface area contributed by atoms with Crippen molar-refractivity contribution in [2.24, 2.45) is 5.92 Å². The molecule has 2 aliphatic rings. The quantitative estimate of drug-likeness (QED) is 0.769. The largest absolute Gasteiger partial charge is 0.508 e. The first-order valence-electron chi connectivity index (χ1n) is 11.2. The Morgan fingerprint density at radius 1 is 0.968 bits per heavy atom. The molecule has 5 nitrogen and oxygen atoms in total. The average molecular weight is 419 g/mol. The molecule has 1 N–H and O–H groups in total. The second-order valence-corrected chi connectivity index (χ2v) is 8.67. The van der Waals surface area contributed by atoms with Crippen LogP contribution in [-0.2, 0) is 11.2 Å². The Morgan fingerprint density at radius 2 is 1.65 bits per heavy atom. The van der Waals surface area contributed by atoms with Crippen molar-refractivity contribution in [2.45, 2.75) is 51.5 Å². The number of aromatic hydroxyl groups is 1. The van der Waals surface area contributed by atoms with E-state index in [2.05, 4.69) is 0 Å². The summed E-state index contributed by atoms with van der Waals surface area (Å²) in [5, 5.41) is 9.47. The van der Waals surface area contributed by atoms with Crippen molar-refractivity contribution in [2.75, 3.05) is 6.54 Å². The molecule has 0 radical (unpaired) electrons. The highest BCUT2D eigenvalue weighted by Crippen LogP contribution is 2.33. The summed E-state index contributed by atoms with van der Waals surface area (Å²) in [7, 11) is 0. The van der Waals surface area contributed by atoms with Gasteiger partial charge in [0, 0.05) is 24.5 Å². The zero-order valence-electron chi connectivity index (χ0n) is 18.0.